The molecule has 1 saturated heterocycles. The molecule has 1 aromatic rings. The first-order valence-electron chi connectivity index (χ1n) is 7.33. The van der Waals surface area contributed by atoms with Gasteiger partial charge in [-0.25, -0.2) is 0 Å². The van der Waals surface area contributed by atoms with Crippen LogP contribution in [-0.4, -0.2) is 28.8 Å². The van der Waals surface area contributed by atoms with Gasteiger partial charge in [-0.2, -0.15) is 0 Å². The number of rotatable bonds is 4. The lowest BCUT2D eigenvalue weighted by atomic mass is 9.89. The van der Waals surface area contributed by atoms with Gasteiger partial charge < -0.3 is 10.2 Å². The Labute approximate surface area is 125 Å². The van der Waals surface area contributed by atoms with Crippen molar-refractivity contribution in [3.63, 3.8) is 0 Å². The summed E-state index contributed by atoms with van der Waals surface area (Å²) >= 11 is 0. The van der Waals surface area contributed by atoms with Gasteiger partial charge in [0.25, 0.3) is 5.91 Å². The highest BCUT2D eigenvalue weighted by molar-refractivity contribution is 6.00. The summed E-state index contributed by atoms with van der Waals surface area (Å²) in [6.07, 6.45) is 4.39. The normalized spacial score (nSPS) is 26.2. The maximum absolute atomic E-state index is 12.8. The fraction of sp³-hybridized carbons (Fsp3) is 0.412. The molecular weight excluding hydrogens is 264 g/mol. The first kappa shape index (κ1) is 15.3. The van der Waals surface area contributed by atoms with Gasteiger partial charge in [-0.15, -0.1) is 0 Å². The fourth-order valence-corrected chi connectivity index (χ4v) is 2.60. The molecule has 4 heteroatoms. The van der Waals surface area contributed by atoms with Crippen molar-refractivity contribution in [1.29, 1.82) is 0 Å². The van der Waals surface area contributed by atoms with Crippen molar-refractivity contribution in [1.82, 2.24) is 10.2 Å². The van der Waals surface area contributed by atoms with Crippen molar-refractivity contribution in [2.45, 2.75) is 38.8 Å². The van der Waals surface area contributed by atoms with E-state index in [4.69, 9.17) is 0 Å². The number of piperazine rings is 1. The Hall–Kier alpha value is -2.10. The van der Waals surface area contributed by atoms with Crippen molar-refractivity contribution in [2.24, 2.45) is 0 Å². The monoisotopic (exact) mass is 286 g/mol. The molecule has 1 aliphatic heterocycles. The van der Waals surface area contributed by atoms with E-state index in [9.17, 15) is 9.59 Å². The molecule has 112 valence electrons. The van der Waals surface area contributed by atoms with Gasteiger partial charge in [0.15, 0.2) is 0 Å². The number of nitrogens with one attached hydrogen (secondary N) is 1. The molecule has 2 amide bonds. The molecule has 0 spiro atoms. The lowest BCUT2D eigenvalue weighted by molar-refractivity contribution is -0.156. The van der Waals surface area contributed by atoms with E-state index in [0.29, 0.717) is 13.0 Å². The summed E-state index contributed by atoms with van der Waals surface area (Å²) in [6.45, 7) is 6.12. The molecule has 1 heterocycles. The molecule has 1 fully saturated rings. The molecule has 1 aliphatic rings. The molecule has 0 aromatic heterocycles. The highest BCUT2D eigenvalue weighted by atomic mass is 16.2. The minimum absolute atomic E-state index is 0.0525. The number of allylic oxidation sites excluding steroid dienone is 1. The van der Waals surface area contributed by atoms with Crippen molar-refractivity contribution in [2.75, 3.05) is 6.54 Å². The van der Waals surface area contributed by atoms with E-state index >= 15 is 0 Å². The average molecular weight is 286 g/mol. The minimum atomic E-state index is -0.790. The third kappa shape index (κ3) is 2.71. The fourth-order valence-electron chi connectivity index (χ4n) is 2.60. The van der Waals surface area contributed by atoms with E-state index in [1.807, 2.05) is 63.3 Å². The van der Waals surface area contributed by atoms with Crippen LogP contribution in [0.1, 0.15) is 38.8 Å². The predicted molar refractivity (Wildman–Crippen MR) is 82.5 cm³/mol. The Balaban J connectivity index is 2.38. The number of carbonyl (C=O) groups is 2. The second-order valence-electron chi connectivity index (χ2n) is 5.46. The van der Waals surface area contributed by atoms with Gasteiger partial charge in [0.2, 0.25) is 5.91 Å². The van der Waals surface area contributed by atoms with Gasteiger partial charge in [-0.05, 0) is 25.8 Å². The molecule has 2 atom stereocenters. The van der Waals surface area contributed by atoms with Crippen LogP contribution in [0.15, 0.2) is 42.5 Å². The van der Waals surface area contributed by atoms with Crippen LogP contribution in [0.25, 0.3) is 0 Å². The smallest absolute Gasteiger partial charge is 0.250 e. The number of hydrogen-bond donors (Lipinski definition) is 1. The topological polar surface area (TPSA) is 49.4 Å². The maximum atomic E-state index is 12.8. The van der Waals surface area contributed by atoms with Gasteiger partial charge >= 0.3 is 0 Å². The van der Waals surface area contributed by atoms with E-state index in [0.717, 1.165) is 5.56 Å². The van der Waals surface area contributed by atoms with Crippen molar-refractivity contribution in [3.8, 4) is 0 Å². The number of amides is 2. The highest BCUT2D eigenvalue weighted by Gasteiger charge is 2.48. The van der Waals surface area contributed by atoms with Gasteiger partial charge in [0.05, 0.1) is 0 Å². The zero-order valence-electron chi connectivity index (χ0n) is 12.8. The molecule has 1 aromatic carbocycles. The van der Waals surface area contributed by atoms with Crippen molar-refractivity contribution in [3.05, 3.63) is 48.0 Å². The largest absolute Gasteiger partial charge is 0.338 e. The summed E-state index contributed by atoms with van der Waals surface area (Å²) in [5.41, 5.74) is 0.0292. The van der Waals surface area contributed by atoms with Crippen LogP contribution in [0.5, 0.6) is 0 Å². The number of hydrogen-bond acceptors (Lipinski definition) is 2. The molecular formula is C17H22N2O2. The van der Waals surface area contributed by atoms with Crippen LogP contribution in [-0.2, 0) is 9.59 Å². The van der Waals surface area contributed by atoms with Crippen LogP contribution >= 0.6 is 0 Å². The average Bonchev–Trinajstić information content (AvgIpc) is 2.51. The maximum Gasteiger partial charge on any atom is 0.250 e. The van der Waals surface area contributed by atoms with E-state index in [2.05, 4.69) is 5.32 Å². The SMILES string of the molecule is C/C=C/CN1C(=O)C(c2ccccc2)NC(=O)C1(C)CC. The van der Waals surface area contributed by atoms with E-state index in [-0.39, 0.29) is 11.8 Å². The first-order chi connectivity index (χ1) is 10.0. The van der Waals surface area contributed by atoms with Crippen LogP contribution in [0.2, 0.25) is 0 Å². The second kappa shape index (κ2) is 6.12. The third-order valence-electron chi connectivity index (χ3n) is 4.22. The van der Waals surface area contributed by atoms with Gasteiger partial charge in [0, 0.05) is 6.54 Å². The molecule has 4 nitrogen and oxygen atoms in total. The summed E-state index contributed by atoms with van der Waals surface area (Å²) in [7, 11) is 0. The van der Waals surface area contributed by atoms with Crippen molar-refractivity contribution >= 4 is 11.8 Å². The van der Waals surface area contributed by atoms with Crippen LogP contribution in [0.3, 0.4) is 0 Å². The third-order valence-corrected chi connectivity index (χ3v) is 4.22. The lowest BCUT2D eigenvalue weighted by Gasteiger charge is -2.45. The molecule has 0 aliphatic carbocycles. The van der Waals surface area contributed by atoms with E-state index in [1.54, 1.807) is 4.90 Å². The Kier molecular flexibility index (Phi) is 4.46. The summed E-state index contributed by atoms with van der Waals surface area (Å²) in [5.74, 6) is -0.147. The van der Waals surface area contributed by atoms with Crippen LogP contribution in [0.4, 0.5) is 0 Å². The number of nitrogens with zero attached hydrogens (tertiary/aromatic N) is 1. The van der Waals surface area contributed by atoms with Gasteiger partial charge in [0.1, 0.15) is 11.6 Å². The summed E-state index contributed by atoms with van der Waals surface area (Å²) in [4.78, 5) is 27.0. The van der Waals surface area contributed by atoms with E-state index < -0.39 is 11.6 Å². The summed E-state index contributed by atoms with van der Waals surface area (Å²) in [5, 5.41) is 2.88. The Morgan fingerprint density at radius 2 is 1.95 bits per heavy atom. The van der Waals surface area contributed by atoms with E-state index in [1.165, 1.54) is 0 Å². The molecule has 0 saturated carbocycles. The molecule has 2 rings (SSSR count). The zero-order valence-corrected chi connectivity index (χ0v) is 12.8. The molecule has 1 N–H and O–H groups in total. The molecule has 2 unspecified atom stereocenters. The molecule has 21 heavy (non-hydrogen) atoms. The first-order valence-corrected chi connectivity index (χ1v) is 7.33. The zero-order chi connectivity index (χ0) is 15.5. The molecule has 0 bridgehead atoms. The minimum Gasteiger partial charge on any atom is -0.338 e. The number of carbonyl (C=O) groups excluding carboxylic acids is 2. The quantitative estimate of drug-likeness (QED) is 0.864. The lowest BCUT2D eigenvalue weighted by Crippen LogP contribution is -2.66. The standard InChI is InChI=1S/C17H22N2O2/c1-4-6-12-19-15(20)14(13-10-8-7-9-11-13)18-16(21)17(19,3)5-2/h4,6-11,14H,5,12H2,1-3H3,(H,18,21)/b6-4+. The Morgan fingerprint density at radius 1 is 1.29 bits per heavy atom. The Morgan fingerprint density at radius 3 is 2.52 bits per heavy atom. The summed E-state index contributed by atoms with van der Waals surface area (Å²) < 4.78 is 0. The highest BCUT2D eigenvalue weighted by Crippen LogP contribution is 2.30. The predicted octanol–water partition coefficient (Wildman–Crippen LogP) is 2.43. The van der Waals surface area contributed by atoms with Gasteiger partial charge in [-0.3, -0.25) is 9.59 Å². The molecule has 0 radical (unpaired) electrons. The second-order valence-corrected chi connectivity index (χ2v) is 5.46. The van der Waals surface area contributed by atoms with Gasteiger partial charge in [-0.1, -0.05) is 49.4 Å². The van der Waals surface area contributed by atoms with Crippen LogP contribution < -0.4 is 5.32 Å². The van der Waals surface area contributed by atoms with Crippen LogP contribution in [0, 0.1) is 0 Å². The number of benzene rings is 1. The summed E-state index contributed by atoms with van der Waals surface area (Å²) in [6, 6.07) is 8.78. The Bertz CT molecular complexity index is 553. The van der Waals surface area contributed by atoms with Crippen molar-refractivity contribution < 1.29 is 9.59 Å².